The van der Waals surface area contributed by atoms with Crippen molar-refractivity contribution in [3.63, 3.8) is 0 Å². The van der Waals surface area contributed by atoms with Crippen molar-refractivity contribution in [3.05, 3.63) is 59.9 Å². The van der Waals surface area contributed by atoms with Crippen molar-refractivity contribution < 1.29 is 13.9 Å². The Labute approximate surface area is 171 Å². The van der Waals surface area contributed by atoms with E-state index in [4.69, 9.17) is 9.47 Å². The van der Waals surface area contributed by atoms with E-state index in [2.05, 4.69) is 15.6 Å². The van der Waals surface area contributed by atoms with E-state index in [0.717, 1.165) is 23.4 Å². The highest BCUT2D eigenvalue weighted by Crippen LogP contribution is 2.17. The summed E-state index contributed by atoms with van der Waals surface area (Å²) in [6.45, 7) is 1.83. The number of methoxy groups -OCH3 is 1. The third-order valence-electron chi connectivity index (χ3n) is 3.46. The Morgan fingerprint density at radius 3 is 2.58 bits per heavy atom. The highest BCUT2D eigenvalue weighted by Gasteiger charge is 2.02. The van der Waals surface area contributed by atoms with Crippen LogP contribution in [-0.4, -0.2) is 33.3 Å². The minimum atomic E-state index is -0.242. The van der Waals surface area contributed by atoms with Gasteiger partial charge in [-0.15, -0.1) is 24.0 Å². The zero-order valence-corrected chi connectivity index (χ0v) is 17.3. The van der Waals surface area contributed by atoms with Gasteiger partial charge in [-0.3, -0.25) is 4.99 Å². The third kappa shape index (κ3) is 8.01. The number of benzene rings is 2. The fourth-order valence-corrected chi connectivity index (χ4v) is 2.16. The van der Waals surface area contributed by atoms with Crippen molar-refractivity contribution >= 4 is 35.6 Å². The zero-order chi connectivity index (χ0) is 17.9. The van der Waals surface area contributed by atoms with Gasteiger partial charge >= 0.3 is 0 Å². The summed E-state index contributed by atoms with van der Waals surface area (Å²) in [5.41, 5.74) is 1.84. The number of aliphatic imine (C=N–C) groups is 1. The lowest BCUT2D eigenvalue weighted by Gasteiger charge is -2.13. The van der Waals surface area contributed by atoms with Gasteiger partial charge in [0.2, 0.25) is 0 Å². The number of ether oxygens (including phenoxy) is 2. The maximum atomic E-state index is 12.9. The minimum Gasteiger partial charge on any atom is -0.493 e. The molecule has 2 aromatic rings. The summed E-state index contributed by atoms with van der Waals surface area (Å²) in [5, 5.41) is 6.40. The molecule has 142 valence electrons. The summed E-state index contributed by atoms with van der Waals surface area (Å²) in [5.74, 6) is 1.17. The quantitative estimate of drug-likeness (QED) is 0.263. The summed E-state index contributed by atoms with van der Waals surface area (Å²) < 4.78 is 23.6. The van der Waals surface area contributed by atoms with Crippen LogP contribution >= 0.6 is 24.0 Å². The largest absolute Gasteiger partial charge is 0.493 e. The first-order chi connectivity index (χ1) is 12.2. The number of hydrogen-bond acceptors (Lipinski definition) is 3. The second kappa shape index (κ2) is 12.5. The number of hydrogen-bond donors (Lipinski definition) is 2. The molecule has 26 heavy (non-hydrogen) atoms. The van der Waals surface area contributed by atoms with Crippen LogP contribution in [0.15, 0.2) is 53.5 Å². The highest BCUT2D eigenvalue weighted by atomic mass is 127. The van der Waals surface area contributed by atoms with Crippen LogP contribution in [0.5, 0.6) is 5.75 Å². The molecule has 0 atom stereocenters. The number of halogens is 2. The Kier molecular flexibility index (Phi) is 10.6. The first kappa shape index (κ1) is 22.2. The van der Waals surface area contributed by atoms with Crippen LogP contribution in [-0.2, 0) is 11.3 Å². The molecule has 2 aromatic carbocycles. The van der Waals surface area contributed by atoms with Crippen molar-refractivity contribution in [1.82, 2.24) is 5.32 Å². The third-order valence-corrected chi connectivity index (χ3v) is 3.46. The van der Waals surface area contributed by atoms with Gasteiger partial charge in [0.1, 0.15) is 11.6 Å². The van der Waals surface area contributed by atoms with Gasteiger partial charge in [0.05, 0.1) is 6.61 Å². The maximum absolute atomic E-state index is 12.9. The van der Waals surface area contributed by atoms with Gasteiger partial charge in [-0.05, 0) is 29.8 Å². The van der Waals surface area contributed by atoms with Gasteiger partial charge in [0.15, 0.2) is 5.96 Å². The molecule has 0 aromatic heterocycles. The Morgan fingerprint density at radius 1 is 1.12 bits per heavy atom. The van der Waals surface area contributed by atoms with E-state index < -0.39 is 0 Å². The average Bonchev–Trinajstić information content (AvgIpc) is 2.64. The van der Waals surface area contributed by atoms with Crippen LogP contribution < -0.4 is 15.4 Å². The number of anilines is 1. The predicted molar refractivity (Wildman–Crippen MR) is 114 cm³/mol. The molecule has 0 heterocycles. The second-order valence-corrected chi connectivity index (χ2v) is 5.40. The molecule has 0 saturated heterocycles. The highest BCUT2D eigenvalue weighted by molar-refractivity contribution is 14.0. The molecule has 0 aliphatic rings. The second-order valence-electron chi connectivity index (χ2n) is 5.40. The normalized spacial score (nSPS) is 10.8. The van der Waals surface area contributed by atoms with E-state index in [-0.39, 0.29) is 29.8 Å². The van der Waals surface area contributed by atoms with Crippen LogP contribution in [0.1, 0.15) is 12.0 Å². The summed E-state index contributed by atoms with van der Waals surface area (Å²) in [6, 6.07) is 14.0. The Morgan fingerprint density at radius 2 is 1.88 bits per heavy atom. The van der Waals surface area contributed by atoms with Crippen LogP contribution in [0.4, 0.5) is 10.1 Å². The van der Waals surface area contributed by atoms with Crippen molar-refractivity contribution in [3.8, 4) is 5.75 Å². The first-order valence-corrected chi connectivity index (χ1v) is 8.15. The molecule has 0 fully saturated rings. The molecule has 0 spiro atoms. The van der Waals surface area contributed by atoms with Crippen LogP contribution in [0.3, 0.4) is 0 Å². The molecule has 0 amide bonds. The number of nitrogens with zero attached hydrogens (tertiary/aromatic N) is 1. The molecule has 0 bridgehead atoms. The fourth-order valence-electron chi connectivity index (χ4n) is 2.16. The van der Waals surface area contributed by atoms with Crippen LogP contribution in [0.25, 0.3) is 0 Å². The Hall–Kier alpha value is -1.87. The van der Waals surface area contributed by atoms with E-state index in [1.165, 1.54) is 12.1 Å². The standard InChI is InChI=1S/C19H24FN3O2.HI/c1-21-19(22-14-15-7-9-16(20)10-8-15)23-17-5-3-6-18(13-17)25-12-4-11-24-2;/h3,5-10,13H,4,11-12,14H2,1-2H3,(H2,21,22,23);1H. The van der Waals surface area contributed by atoms with Crippen molar-refractivity contribution in [2.45, 2.75) is 13.0 Å². The van der Waals surface area contributed by atoms with Gasteiger partial charge < -0.3 is 20.1 Å². The molecule has 0 radical (unpaired) electrons. The molecule has 2 rings (SSSR count). The molecule has 7 heteroatoms. The fraction of sp³-hybridized carbons (Fsp3) is 0.316. The maximum Gasteiger partial charge on any atom is 0.195 e. The van der Waals surface area contributed by atoms with E-state index in [1.54, 1.807) is 26.3 Å². The molecular formula is C19H25FIN3O2. The lowest BCUT2D eigenvalue weighted by atomic mass is 10.2. The van der Waals surface area contributed by atoms with Gasteiger partial charge in [-0.1, -0.05) is 18.2 Å². The molecular weight excluding hydrogens is 448 g/mol. The molecule has 0 aliphatic heterocycles. The molecule has 0 unspecified atom stereocenters. The molecule has 2 N–H and O–H groups in total. The van der Waals surface area contributed by atoms with Crippen LogP contribution in [0.2, 0.25) is 0 Å². The van der Waals surface area contributed by atoms with Crippen LogP contribution in [0, 0.1) is 5.82 Å². The minimum absolute atomic E-state index is 0. The smallest absolute Gasteiger partial charge is 0.195 e. The van der Waals surface area contributed by atoms with E-state index in [9.17, 15) is 4.39 Å². The van der Waals surface area contributed by atoms with Crippen molar-refractivity contribution in [2.75, 3.05) is 32.7 Å². The number of nitrogens with one attached hydrogen (secondary N) is 2. The lowest BCUT2D eigenvalue weighted by molar-refractivity contribution is 0.172. The van der Waals surface area contributed by atoms with Gasteiger partial charge in [0, 0.05) is 45.5 Å². The molecule has 0 saturated carbocycles. The zero-order valence-electron chi connectivity index (χ0n) is 15.0. The number of rotatable bonds is 8. The summed E-state index contributed by atoms with van der Waals surface area (Å²) >= 11 is 0. The predicted octanol–water partition coefficient (Wildman–Crippen LogP) is 4.05. The number of guanidine groups is 1. The van der Waals surface area contributed by atoms with E-state index >= 15 is 0 Å². The average molecular weight is 473 g/mol. The van der Waals surface area contributed by atoms with Gasteiger partial charge in [-0.2, -0.15) is 0 Å². The molecule has 0 aliphatic carbocycles. The molecule has 5 nitrogen and oxygen atoms in total. The Bertz CT molecular complexity index is 681. The topological polar surface area (TPSA) is 54.9 Å². The summed E-state index contributed by atoms with van der Waals surface area (Å²) in [7, 11) is 3.38. The lowest BCUT2D eigenvalue weighted by Crippen LogP contribution is -2.30. The monoisotopic (exact) mass is 473 g/mol. The van der Waals surface area contributed by atoms with Gasteiger partial charge in [-0.25, -0.2) is 4.39 Å². The van der Waals surface area contributed by atoms with Crippen molar-refractivity contribution in [1.29, 1.82) is 0 Å². The SMILES string of the molecule is CN=C(NCc1ccc(F)cc1)Nc1cccc(OCCCOC)c1.I. The Balaban J connectivity index is 0.00000338. The summed E-state index contributed by atoms with van der Waals surface area (Å²) in [4.78, 5) is 4.20. The van der Waals surface area contributed by atoms with E-state index in [0.29, 0.717) is 25.7 Å². The van der Waals surface area contributed by atoms with Crippen molar-refractivity contribution in [2.24, 2.45) is 4.99 Å². The first-order valence-electron chi connectivity index (χ1n) is 8.15. The van der Waals surface area contributed by atoms with E-state index in [1.807, 2.05) is 24.3 Å². The van der Waals surface area contributed by atoms with Gasteiger partial charge in [0.25, 0.3) is 0 Å². The summed E-state index contributed by atoms with van der Waals surface area (Å²) in [6.07, 6.45) is 0.842.